The van der Waals surface area contributed by atoms with Crippen LogP contribution in [0, 0.1) is 5.92 Å². The molecule has 1 aliphatic carbocycles. The fourth-order valence-electron chi connectivity index (χ4n) is 3.33. The van der Waals surface area contributed by atoms with Crippen molar-refractivity contribution >= 4 is 11.9 Å². The van der Waals surface area contributed by atoms with Gasteiger partial charge in [-0.3, -0.25) is 4.79 Å². The molecule has 1 amide bonds. The Morgan fingerprint density at radius 1 is 1.22 bits per heavy atom. The molecule has 2 fully saturated rings. The van der Waals surface area contributed by atoms with Crippen molar-refractivity contribution in [2.45, 2.75) is 63.8 Å². The fourth-order valence-corrected chi connectivity index (χ4v) is 3.33. The van der Waals surface area contributed by atoms with Crippen molar-refractivity contribution in [3.8, 4) is 0 Å². The maximum absolute atomic E-state index is 12.3. The highest BCUT2D eigenvalue weighted by Gasteiger charge is 2.45. The zero-order chi connectivity index (χ0) is 13.2. The highest BCUT2D eigenvalue weighted by Crippen LogP contribution is 2.33. The number of nitrogens with zero attached hydrogens (tertiary/aromatic N) is 1. The monoisotopic (exact) mass is 253 g/mol. The Balaban J connectivity index is 1.97. The number of amides is 1. The average molecular weight is 253 g/mol. The van der Waals surface area contributed by atoms with Crippen LogP contribution in [0.4, 0.5) is 0 Å². The summed E-state index contributed by atoms with van der Waals surface area (Å²) in [6.45, 7) is 2.29. The lowest BCUT2D eigenvalue weighted by molar-refractivity contribution is -0.155. The lowest BCUT2D eigenvalue weighted by atomic mass is 9.86. The molecule has 4 heteroatoms. The Morgan fingerprint density at radius 3 is 2.50 bits per heavy atom. The van der Waals surface area contributed by atoms with Crippen molar-refractivity contribution in [2.75, 3.05) is 6.54 Å². The molecule has 0 spiro atoms. The molecule has 18 heavy (non-hydrogen) atoms. The number of carbonyl (C=O) groups excluding carboxylic acids is 1. The molecule has 1 heterocycles. The maximum Gasteiger partial charge on any atom is 0.329 e. The van der Waals surface area contributed by atoms with Crippen LogP contribution in [0.25, 0.3) is 0 Å². The number of hydrogen-bond acceptors (Lipinski definition) is 2. The van der Waals surface area contributed by atoms with Gasteiger partial charge in [0.1, 0.15) is 5.54 Å². The number of carboxylic acids is 1. The average Bonchev–Trinajstić information content (AvgIpc) is 2.74. The van der Waals surface area contributed by atoms with Gasteiger partial charge in [-0.05, 0) is 38.5 Å². The number of hydrogen-bond donors (Lipinski definition) is 1. The molecule has 0 aromatic carbocycles. The molecule has 1 saturated carbocycles. The first-order valence-electron chi connectivity index (χ1n) is 7.08. The van der Waals surface area contributed by atoms with Gasteiger partial charge in [0.25, 0.3) is 0 Å². The Hall–Kier alpha value is -1.06. The molecule has 1 unspecified atom stereocenters. The number of aliphatic carboxylic acids is 1. The largest absolute Gasteiger partial charge is 0.480 e. The standard InChI is InChI=1S/C14H23NO3/c1-14(13(17)18)8-5-9-15(14)12(16)10-11-6-3-2-4-7-11/h11H,2-10H2,1H3,(H,17,18). The van der Waals surface area contributed by atoms with Crippen LogP contribution in [-0.4, -0.2) is 34.0 Å². The zero-order valence-corrected chi connectivity index (χ0v) is 11.2. The molecular formula is C14H23NO3. The summed E-state index contributed by atoms with van der Waals surface area (Å²) in [6.07, 6.45) is 7.90. The van der Waals surface area contributed by atoms with Crippen LogP contribution in [0.2, 0.25) is 0 Å². The molecule has 4 nitrogen and oxygen atoms in total. The SMILES string of the molecule is CC1(C(=O)O)CCCN1C(=O)CC1CCCCC1. The number of likely N-dealkylation sites (tertiary alicyclic amines) is 1. The molecular weight excluding hydrogens is 230 g/mol. The van der Waals surface area contributed by atoms with Crippen LogP contribution in [0.1, 0.15) is 58.3 Å². The third-order valence-electron chi connectivity index (χ3n) is 4.59. The van der Waals surface area contributed by atoms with Crippen molar-refractivity contribution in [1.29, 1.82) is 0 Å². The van der Waals surface area contributed by atoms with Gasteiger partial charge in [-0.2, -0.15) is 0 Å². The second kappa shape index (κ2) is 5.29. The highest BCUT2D eigenvalue weighted by atomic mass is 16.4. The smallest absolute Gasteiger partial charge is 0.329 e. The minimum atomic E-state index is -0.967. The number of carboxylic acid groups (broad SMARTS) is 1. The van der Waals surface area contributed by atoms with Crippen molar-refractivity contribution in [1.82, 2.24) is 4.90 Å². The quantitative estimate of drug-likeness (QED) is 0.840. The topological polar surface area (TPSA) is 57.6 Å². The van der Waals surface area contributed by atoms with E-state index in [1.807, 2.05) is 0 Å². The van der Waals surface area contributed by atoms with Crippen LogP contribution in [0.15, 0.2) is 0 Å². The second-order valence-electron chi connectivity index (χ2n) is 5.94. The fraction of sp³-hybridized carbons (Fsp3) is 0.857. The molecule has 102 valence electrons. The van der Waals surface area contributed by atoms with Crippen LogP contribution < -0.4 is 0 Å². The summed E-state index contributed by atoms with van der Waals surface area (Å²) in [5.74, 6) is -0.341. The first-order valence-corrected chi connectivity index (χ1v) is 7.08. The van der Waals surface area contributed by atoms with Crippen LogP contribution in [0.5, 0.6) is 0 Å². The second-order valence-corrected chi connectivity index (χ2v) is 5.94. The highest BCUT2D eigenvalue weighted by molar-refractivity contribution is 5.87. The van der Waals surface area contributed by atoms with E-state index in [0.717, 1.165) is 19.3 Å². The first kappa shape index (κ1) is 13.4. The van der Waals surface area contributed by atoms with Gasteiger partial charge < -0.3 is 10.0 Å². The third-order valence-corrected chi connectivity index (χ3v) is 4.59. The molecule has 2 rings (SSSR count). The molecule has 0 radical (unpaired) electrons. The van der Waals surface area contributed by atoms with E-state index in [2.05, 4.69) is 0 Å². The summed E-state index contributed by atoms with van der Waals surface area (Å²) >= 11 is 0. The van der Waals surface area contributed by atoms with Gasteiger partial charge in [0.15, 0.2) is 0 Å². The third kappa shape index (κ3) is 2.52. The predicted molar refractivity (Wildman–Crippen MR) is 68.2 cm³/mol. The molecule has 1 saturated heterocycles. The predicted octanol–water partition coefficient (Wildman–Crippen LogP) is 2.42. The maximum atomic E-state index is 12.3. The molecule has 1 atom stereocenters. The lowest BCUT2D eigenvalue weighted by Crippen LogP contribution is -2.51. The molecule has 0 aromatic rings. The summed E-state index contributed by atoms with van der Waals surface area (Å²) in [5.41, 5.74) is -0.967. The van der Waals surface area contributed by atoms with E-state index < -0.39 is 11.5 Å². The normalized spacial score (nSPS) is 29.5. The van der Waals surface area contributed by atoms with E-state index in [9.17, 15) is 14.7 Å². The Kier molecular flexibility index (Phi) is 3.93. The van der Waals surface area contributed by atoms with Gasteiger partial charge in [-0.1, -0.05) is 19.3 Å². The summed E-state index contributed by atoms with van der Waals surface area (Å²) in [4.78, 5) is 25.2. The van der Waals surface area contributed by atoms with Gasteiger partial charge in [0.2, 0.25) is 5.91 Å². The van der Waals surface area contributed by atoms with E-state index in [1.165, 1.54) is 19.3 Å². The van der Waals surface area contributed by atoms with Gasteiger partial charge in [-0.25, -0.2) is 4.79 Å². The van der Waals surface area contributed by atoms with Gasteiger partial charge in [-0.15, -0.1) is 0 Å². The van der Waals surface area contributed by atoms with Crippen LogP contribution in [0.3, 0.4) is 0 Å². The van der Waals surface area contributed by atoms with Gasteiger partial charge in [0.05, 0.1) is 0 Å². The molecule has 0 bridgehead atoms. The van der Waals surface area contributed by atoms with Gasteiger partial charge in [0, 0.05) is 13.0 Å². The summed E-state index contributed by atoms with van der Waals surface area (Å²) in [5, 5.41) is 9.30. The van der Waals surface area contributed by atoms with Crippen molar-refractivity contribution in [3.63, 3.8) is 0 Å². The minimum Gasteiger partial charge on any atom is -0.480 e. The molecule has 0 aromatic heterocycles. The molecule has 1 N–H and O–H groups in total. The van der Waals surface area contributed by atoms with Crippen molar-refractivity contribution in [3.05, 3.63) is 0 Å². The summed E-state index contributed by atoms with van der Waals surface area (Å²) < 4.78 is 0. The minimum absolute atomic E-state index is 0.0456. The molecule has 2 aliphatic rings. The Labute approximate surface area is 108 Å². The van der Waals surface area contributed by atoms with Crippen LogP contribution in [-0.2, 0) is 9.59 Å². The van der Waals surface area contributed by atoms with E-state index in [4.69, 9.17) is 0 Å². The van der Waals surface area contributed by atoms with E-state index in [0.29, 0.717) is 25.3 Å². The Morgan fingerprint density at radius 2 is 1.89 bits per heavy atom. The van der Waals surface area contributed by atoms with E-state index in [1.54, 1.807) is 11.8 Å². The summed E-state index contributed by atoms with van der Waals surface area (Å²) in [7, 11) is 0. The van der Waals surface area contributed by atoms with E-state index in [-0.39, 0.29) is 5.91 Å². The summed E-state index contributed by atoms with van der Waals surface area (Å²) in [6, 6.07) is 0. The number of carbonyl (C=O) groups is 2. The first-order chi connectivity index (χ1) is 8.54. The van der Waals surface area contributed by atoms with E-state index >= 15 is 0 Å². The molecule has 1 aliphatic heterocycles. The van der Waals surface area contributed by atoms with Crippen molar-refractivity contribution < 1.29 is 14.7 Å². The van der Waals surface area contributed by atoms with Crippen molar-refractivity contribution in [2.24, 2.45) is 5.92 Å². The Bertz CT molecular complexity index is 336. The van der Waals surface area contributed by atoms with Gasteiger partial charge >= 0.3 is 5.97 Å². The number of rotatable bonds is 3. The zero-order valence-electron chi connectivity index (χ0n) is 11.2. The lowest BCUT2D eigenvalue weighted by Gasteiger charge is -2.33. The van der Waals surface area contributed by atoms with Crippen LogP contribution >= 0.6 is 0 Å².